The van der Waals surface area contributed by atoms with Crippen molar-refractivity contribution in [2.24, 2.45) is 0 Å². The summed E-state index contributed by atoms with van der Waals surface area (Å²) in [6.45, 7) is 7.41. The van der Waals surface area contributed by atoms with Gasteiger partial charge >= 0.3 is 0 Å². The summed E-state index contributed by atoms with van der Waals surface area (Å²) in [4.78, 5) is 0. The van der Waals surface area contributed by atoms with E-state index < -0.39 is 0 Å². The Morgan fingerprint density at radius 1 is 1.50 bits per heavy atom. The quantitative estimate of drug-likeness (QED) is 0.854. The predicted molar refractivity (Wildman–Crippen MR) is 63.7 cm³/mol. The summed E-state index contributed by atoms with van der Waals surface area (Å²) < 4.78 is 7.68. The van der Waals surface area contributed by atoms with E-state index in [0.29, 0.717) is 12.7 Å². The minimum Gasteiger partial charge on any atom is -0.369 e. The van der Waals surface area contributed by atoms with E-state index in [0.717, 1.165) is 42.5 Å². The highest BCUT2D eigenvalue weighted by atomic mass is 35.5. The van der Waals surface area contributed by atoms with E-state index in [2.05, 4.69) is 24.3 Å². The van der Waals surface area contributed by atoms with Crippen LogP contribution in [0.25, 0.3) is 0 Å². The van der Waals surface area contributed by atoms with Gasteiger partial charge < -0.3 is 10.1 Å². The van der Waals surface area contributed by atoms with Crippen LogP contribution in [-0.4, -0.2) is 29.0 Å². The van der Waals surface area contributed by atoms with Crippen LogP contribution in [0.4, 0.5) is 0 Å². The fraction of sp³-hybridized carbons (Fsp3) is 0.727. The number of hydrogen-bond donors (Lipinski definition) is 1. The lowest BCUT2D eigenvalue weighted by Crippen LogP contribution is -2.48. The molecular formula is C11H18ClN3O. The molecule has 0 spiro atoms. The molecule has 1 aliphatic heterocycles. The minimum absolute atomic E-state index is 0.335. The van der Waals surface area contributed by atoms with E-state index in [1.54, 1.807) is 0 Å². The second-order valence-corrected chi connectivity index (χ2v) is 4.35. The molecule has 1 aromatic heterocycles. The van der Waals surface area contributed by atoms with Crippen LogP contribution in [0.3, 0.4) is 0 Å². The average Bonchev–Trinajstić information content (AvgIpc) is 2.53. The molecule has 1 fully saturated rings. The monoisotopic (exact) mass is 243 g/mol. The smallest absolute Gasteiger partial charge is 0.0905 e. The Bertz CT molecular complexity index is 360. The van der Waals surface area contributed by atoms with Crippen molar-refractivity contribution in [3.05, 3.63) is 16.4 Å². The Morgan fingerprint density at radius 2 is 2.25 bits per heavy atom. The van der Waals surface area contributed by atoms with E-state index in [9.17, 15) is 0 Å². The maximum absolute atomic E-state index is 6.27. The summed E-state index contributed by atoms with van der Waals surface area (Å²) >= 11 is 6.27. The molecule has 1 aliphatic rings. The number of hydrogen-bond acceptors (Lipinski definition) is 3. The van der Waals surface area contributed by atoms with Crippen LogP contribution < -0.4 is 5.32 Å². The van der Waals surface area contributed by atoms with Crippen molar-refractivity contribution in [3.8, 4) is 0 Å². The first-order chi connectivity index (χ1) is 7.76. The maximum Gasteiger partial charge on any atom is 0.0905 e. The van der Waals surface area contributed by atoms with Crippen molar-refractivity contribution >= 4 is 11.6 Å². The number of rotatable bonds is 5. The van der Waals surface area contributed by atoms with Crippen molar-refractivity contribution < 1.29 is 4.74 Å². The third-order valence-corrected chi connectivity index (χ3v) is 3.33. The molecule has 1 saturated heterocycles. The first-order valence-electron chi connectivity index (χ1n) is 5.82. The summed E-state index contributed by atoms with van der Waals surface area (Å²) in [5.74, 6) is 0. The summed E-state index contributed by atoms with van der Waals surface area (Å²) in [6.07, 6.45) is 1.20. The van der Waals surface area contributed by atoms with Crippen molar-refractivity contribution in [2.75, 3.05) is 13.1 Å². The molecule has 4 nitrogen and oxygen atoms in total. The molecule has 0 aromatic carbocycles. The Labute approximate surface area is 101 Å². The third-order valence-electron chi connectivity index (χ3n) is 2.89. The van der Waals surface area contributed by atoms with Gasteiger partial charge in [0.15, 0.2) is 0 Å². The summed E-state index contributed by atoms with van der Waals surface area (Å²) in [5, 5.41) is 8.41. The van der Waals surface area contributed by atoms with E-state index in [4.69, 9.17) is 16.3 Å². The number of ether oxygens (including phenoxy) is 1. The zero-order valence-corrected chi connectivity index (χ0v) is 10.5. The molecule has 90 valence electrons. The average molecular weight is 244 g/mol. The van der Waals surface area contributed by atoms with Crippen molar-refractivity contribution in [1.82, 2.24) is 15.1 Å². The van der Waals surface area contributed by atoms with Crippen LogP contribution in [-0.2, 0) is 24.3 Å². The van der Waals surface area contributed by atoms with Gasteiger partial charge in [0, 0.05) is 19.6 Å². The Kier molecular flexibility index (Phi) is 3.84. The Hall–Kier alpha value is -0.580. The number of nitrogens with zero attached hydrogens (tertiary/aromatic N) is 2. The standard InChI is InChI=1S/C11H18ClN3O/c1-3-9-11(12)10(15(4-2)14-9)7-16-8-5-13-6-8/h8,13H,3-7H2,1-2H3. The molecule has 1 aromatic rings. The van der Waals surface area contributed by atoms with Gasteiger partial charge in [-0.1, -0.05) is 18.5 Å². The van der Waals surface area contributed by atoms with Gasteiger partial charge in [0.25, 0.3) is 0 Å². The highest BCUT2D eigenvalue weighted by Gasteiger charge is 2.20. The largest absolute Gasteiger partial charge is 0.369 e. The van der Waals surface area contributed by atoms with Gasteiger partial charge in [0.05, 0.1) is 29.1 Å². The molecule has 5 heteroatoms. The van der Waals surface area contributed by atoms with E-state index >= 15 is 0 Å². The molecule has 0 unspecified atom stereocenters. The van der Waals surface area contributed by atoms with E-state index in [1.165, 1.54) is 0 Å². The zero-order chi connectivity index (χ0) is 11.5. The molecule has 16 heavy (non-hydrogen) atoms. The first kappa shape index (κ1) is 11.9. The maximum atomic E-state index is 6.27. The molecule has 0 saturated carbocycles. The molecule has 0 bridgehead atoms. The first-order valence-corrected chi connectivity index (χ1v) is 6.20. The Balaban J connectivity index is 2.07. The van der Waals surface area contributed by atoms with Crippen LogP contribution in [0.5, 0.6) is 0 Å². The number of aryl methyl sites for hydroxylation is 2. The summed E-state index contributed by atoms with van der Waals surface area (Å²) in [5.41, 5.74) is 1.97. The van der Waals surface area contributed by atoms with Crippen molar-refractivity contribution in [3.63, 3.8) is 0 Å². The molecule has 0 amide bonds. The Morgan fingerprint density at radius 3 is 2.75 bits per heavy atom. The second-order valence-electron chi connectivity index (χ2n) is 3.97. The van der Waals surface area contributed by atoms with Crippen LogP contribution in [0.2, 0.25) is 5.02 Å². The molecule has 2 heterocycles. The number of aromatic nitrogens is 2. The van der Waals surface area contributed by atoms with Gasteiger partial charge in [-0.2, -0.15) is 5.10 Å². The topological polar surface area (TPSA) is 39.1 Å². The van der Waals surface area contributed by atoms with Crippen LogP contribution in [0.1, 0.15) is 25.2 Å². The van der Waals surface area contributed by atoms with Gasteiger partial charge in [0.2, 0.25) is 0 Å². The fourth-order valence-corrected chi connectivity index (χ4v) is 2.06. The highest BCUT2D eigenvalue weighted by molar-refractivity contribution is 6.31. The SMILES string of the molecule is CCc1nn(CC)c(COC2CNC2)c1Cl. The van der Waals surface area contributed by atoms with Crippen molar-refractivity contribution in [2.45, 2.75) is 39.5 Å². The summed E-state index contributed by atoms with van der Waals surface area (Å²) in [6, 6.07) is 0. The lowest BCUT2D eigenvalue weighted by molar-refractivity contribution is 0.00451. The van der Waals surface area contributed by atoms with E-state index in [-0.39, 0.29) is 0 Å². The molecule has 0 atom stereocenters. The van der Waals surface area contributed by atoms with Crippen molar-refractivity contribution in [1.29, 1.82) is 0 Å². The molecular weight excluding hydrogens is 226 g/mol. The fourth-order valence-electron chi connectivity index (χ4n) is 1.73. The third kappa shape index (κ3) is 2.24. The predicted octanol–water partition coefficient (Wildman–Crippen LogP) is 1.61. The summed E-state index contributed by atoms with van der Waals surface area (Å²) in [7, 11) is 0. The number of nitrogens with one attached hydrogen (secondary N) is 1. The molecule has 0 radical (unpaired) electrons. The van der Waals surface area contributed by atoms with Gasteiger partial charge in [-0.25, -0.2) is 0 Å². The lowest BCUT2D eigenvalue weighted by Gasteiger charge is -2.27. The zero-order valence-electron chi connectivity index (χ0n) is 9.79. The van der Waals surface area contributed by atoms with Gasteiger partial charge in [-0.05, 0) is 13.3 Å². The minimum atomic E-state index is 0.335. The second kappa shape index (κ2) is 5.17. The van der Waals surface area contributed by atoms with Gasteiger partial charge in [0.1, 0.15) is 0 Å². The van der Waals surface area contributed by atoms with Crippen LogP contribution >= 0.6 is 11.6 Å². The molecule has 2 rings (SSSR count). The van der Waals surface area contributed by atoms with E-state index in [1.807, 2.05) is 4.68 Å². The highest BCUT2D eigenvalue weighted by Crippen LogP contribution is 2.22. The van der Waals surface area contributed by atoms with Gasteiger partial charge in [-0.15, -0.1) is 0 Å². The molecule has 1 N–H and O–H groups in total. The lowest BCUT2D eigenvalue weighted by atomic mass is 10.2. The van der Waals surface area contributed by atoms with Gasteiger partial charge in [-0.3, -0.25) is 4.68 Å². The van der Waals surface area contributed by atoms with Crippen LogP contribution in [0.15, 0.2) is 0 Å². The molecule has 0 aliphatic carbocycles. The van der Waals surface area contributed by atoms with Crippen LogP contribution in [0, 0.1) is 0 Å². The normalized spacial score (nSPS) is 16.4. The number of halogens is 1.